The molecule has 0 bridgehead atoms. The number of likely N-dealkylation sites (tertiary alicyclic amines) is 1. The number of nitrogens with two attached hydrogens (primary N) is 2. The molecule has 2 aliphatic rings. The summed E-state index contributed by atoms with van der Waals surface area (Å²) in [5, 5.41) is 60.6. The van der Waals surface area contributed by atoms with Gasteiger partial charge in [0.2, 0.25) is 29.5 Å². The summed E-state index contributed by atoms with van der Waals surface area (Å²) >= 11 is 0. The molecule has 28 nitrogen and oxygen atoms in total. The number of nitrogens with zero attached hydrogens (tertiary/aromatic N) is 8. The molecule has 2 saturated heterocycles. The zero-order valence-electron chi connectivity index (χ0n) is 47.5. The zero-order valence-corrected chi connectivity index (χ0v) is 47.5. The van der Waals surface area contributed by atoms with E-state index in [4.69, 9.17) is 11.5 Å². The SMILES string of the molecule is CN(C)C(N)=NCCCC(NC(=O)CCCCNC(=O)CN1CCN(CC(=O)O)CCN(CC(N)=O)CCN(CC(=O)O)CC1)C(=O)N(C)CCCCCNC(=O)c1ccc(C(=O)NCC(=O)N2CC(O)CC2B(O)O)c2ccccc12. The van der Waals surface area contributed by atoms with Crippen molar-refractivity contribution < 1.29 is 68.5 Å². The van der Waals surface area contributed by atoms with Crippen LogP contribution in [0.2, 0.25) is 0 Å². The summed E-state index contributed by atoms with van der Waals surface area (Å²) in [6, 6.07) is 9.04. The number of aliphatic imine (C=N–C) groups is 1. The van der Waals surface area contributed by atoms with Crippen LogP contribution in [0, 0.1) is 0 Å². The number of hydrogen-bond donors (Lipinski definition) is 11. The molecule has 0 spiro atoms. The molecule has 2 aromatic rings. The summed E-state index contributed by atoms with van der Waals surface area (Å²) in [7, 11) is 3.34. The fraction of sp³-hybridized carbons (Fsp3) is 0.623. The van der Waals surface area contributed by atoms with Gasteiger partial charge in [0.05, 0.1) is 44.8 Å². The number of unbranched alkanes of at least 4 members (excludes halogenated alkanes) is 3. The highest BCUT2D eigenvalue weighted by Crippen LogP contribution is 2.24. The number of carbonyl (C=O) groups excluding carboxylic acids is 7. The number of aliphatic hydroxyl groups is 1. The molecule has 13 N–H and O–H groups in total. The number of amides is 7. The molecule has 2 heterocycles. The molecule has 82 heavy (non-hydrogen) atoms. The quantitative estimate of drug-likeness (QED) is 0.0155. The van der Waals surface area contributed by atoms with Crippen molar-refractivity contribution in [1.29, 1.82) is 0 Å². The molecule has 3 unspecified atom stereocenters. The number of likely N-dealkylation sites (N-methyl/N-ethyl adjacent to an activating group) is 1. The van der Waals surface area contributed by atoms with Crippen molar-refractivity contribution in [2.45, 2.75) is 75.9 Å². The van der Waals surface area contributed by atoms with Gasteiger partial charge in [0, 0.05) is 124 Å². The zero-order chi connectivity index (χ0) is 60.3. The number of β-amino-alcohol motifs (C(OH)–C–C–N with tert-alkyl or cyclic N) is 1. The van der Waals surface area contributed by atoms with Gasteiger partial charge in [-0.2, -0.15) is 0 Å². The highest BCUT2D eigenvalue weighted by Gasteiger charge is 2.41. The summed E-state index contributed by atoms with van der Waals surface area (Å²) in [6.45, 7) is 2.66. The van der Waals surface area contributed by atoms with Crippen molar-refractivity contribution in [1.82, 2.24) is 55.6 Å². The molecule has 3 atom stereocenters. The molecular weight excluding hydrogens is 1070 g/mol. The average molecular weight is 1150 g/mol. The molecule has 2 aliphatic heterocycles. The molecule has 0 aliphatic carbocycles. The number of fused-ring (bicyclic) bond motifs is 1. The first kappa shape index (κ1) is 67.5. The van der Waals surface area contributed by atoms with E-state index in [0.717, 1.165) is 4.90 Å². The summed E-state index contributed by atoms with van der Waals surface area (Å²) in [5.41, 5.74) is 12.0. The second-order valence-electron chi connectivity index (χ2n) is 20.9. The number of rotatable bonds is 30. The maximum Gasteiger partial charge on any atom is 0.475 e. The number of guanidine groups is 1. The Morgan fingerprint density at radius 3 is 1.73 bits per heavy atom. The lowest BCUT2D eigenvalue weighted by Crippen LogP contribution is -2.50. The van der Waals surface area contributed by atoms with Crippen LogP contribution in [0.5, 0.6) is 0 Å². The number of aliphatic hydroxyl groups excluding tert-OH is 1. The Labute approximate surface area is 478 Å². The van der Waals surface area contributed by atoms with Crippen LogP contribution in [0.4, 0.5) is 0 Å². The topological polar surface area (TPSA) is 390 Å². The van der Waals surface area contributed by atoms with Crippen LogP contribution in [-0.2, 0) is 33.6 Å². The Bertz CT molecular complexity index is 2480. The number of hydrogen-bond acceptors (Lipinski definition) is 17. The third-order valence-electron chi connectivity index (χ3n) is 14.2. The lowest BCUT2D eigenvalue weighted by atomic mass is 9.77. The van der Waals surface area contributed by atoms with E-state index in [1.54, 1.807) is 69.9 Å². The van der Waals surface area contributed by atoms with Crippen molar-refractivity contribution in [3.63, 3.8) is 0 Å². The number of nitrogens with one attached hydrogen (secondary N) is 4. The van der Waals surface area contributed by atoms with Crippen molar-refractivity contribution in [2.24, 2.45) is 16.5 Å². The molecule has 0 saturated carbocycles. The molecule has 2 fully saturated rings. The van der Waals surface area contributed by atoms with Gasteiger partial charge in [-0.3, -0.25) is 67.7 Å². The van der Waals surface area contributed by atoms with E-state index < -0.39 is 61.4 Å². The van der Waals surface area contributed by atoms with E-state index in [1.165, 1.54) is 12.1 Å². The number of carboxylic acids is 2. The third-order valence-corrected chi connectivity index (χ3v) is 14.2. The highest BCUT2D eigenvalue weighted by atomic mass is 16.4. The van der Waals surface area contributed by atoms with Crippen LogP contribution in [0.3, 0.4) is 0 Å². The normalized spacial score (nSPS) is 17.4. The van der Waals surface area contributed by atoms with E-state index in [2.05, 4.69) is 26.3 Å². The predicted octanol–water partition coefficient (Wildman–Crippen LogP) is -3.79. The molecule has 0 radical (unpaired) electrons. The van der Waals surface area contributed by atoms with Crippen LogP contribution >= 0.6 is 0 Å². The van der Waals surface area contributed by atoms with Gasteiger partial charge in [-0.05, 0) is 74.3 Å². The Hall–Kier alpha value is -7.02. The van der Waals surface area contributed by atoms with Crippen LogP contribution in [0.15, 0.2) is 41.4 Å². The van der Waals surface area contributed by atoms with Crippen LogP contribution < -0.4 is 32.7 Å². The van der Waals surface area contributed by atoms with E-state index in [0.29, 0.717) is 139 Å². The van der Waals surface area contributed by atoms with Crippen LogP contribution in [0.1, 0.15) is 78.5 Å². The standard InChI is InChI=1S/C53H85BN14O14/c1-62(2)53(56)59-20-11-14-42(61-45(71)15-7-9-18-57-46(72)34-65-24-28-66(35-48(74)75)26-22-64(33-44(55)70)23-27-67(29-25-65)36-49(76)77)52(80)63(3)21-10-4-8-19-58-50(78)40-16-17-41(39-13-6-5-12-38(39)40)51(79)60-31-47(73)68-32-37(69)30-43(68)54(81)82/h5-6,12-13,16-17,37,42-43,69,81-82H,4,7-11,14-15,18-36H2,1-3H3,(H2,55,70)(H2,56,59)(H,57,72)(H,58,78)(H,60,79)(H,61,71)(H,74,75)(H,76,77). The monoisotopic (exact) mass is 1150 g/mol. The van der Waals surface area contributed by atoms with E-state index in [9.17, 15) is 68.5 Å². The van der Waals surface area contributed by atoms with Gasteiger partial charge in [-0.1, -0.05) is 24.3 Å². The Morgan fingerprint density at radius 1 is 0.671 bits per heavy atom. The van der Waals surface area contributed by atoms with Gasteiger partial charge in [0.15, 0.2) is 5.96 Å². The Kier molecular flexibility index (Phi) is 28.9. The van der Waals surface area contributed by atoms with E-state index >= 15 is 0 Å². The maximum absolute atomic E-state index is 13.8. The van der Waals surface area contributed by atoms with Gasteiger partial charge >= 0.3 is 19.1 Å². The van der Waals surface area contributed by atoms with E-state index in [-0.39, 0.29) is 81.3 Å². The first-order chi connectivity index (χ1) is 39.0. The minimum atomic E-state index is -1.85. The lowest BCUT2D eigenvalue weighted by Gasteiger charge is -2.33. The number of aliphatic carboxylic acids is 2. The number of primary amides is 1. The fourth-order valence-electron chi connectivity index (χ4n) is 9.65. The summed E-state index contributed by atoms with van der Waals surface area (Å²) in [5.74, 6) is -5.72. The smallest absolute Gasteiger partial charge is 0.475 e. The molecule has 4 rings (SSSR count). The largest absolute Gasteiger partial charge is 0.480 e. The van der Waals surface area contributed by atoms with Gasteiger partial charge < -0.3 is 72.8 Å². The van der Waals surface area contributed by atoms with Gasteiger partial charge in [0.25, 0.3) is 11.8 Å². The second kappa shape index (κ2) is 35.1. The lowest BCUT2D eigenvalue weighted by molar-refractivity contribution is -0.139. The van der Waals surface area contributed by atoms with Gasteiger partial charge in [-0.25, -0.2) is 0 Å². The number of carboxylic acid groups (broad SMARTS) is 2. The third kappa shape index (κ3) is 23.8. The number of benzene rings is 2. The van der Waals surface area contributed by atoms with Crippen molar-refractivity contribution in [2.75, 3.05) is 139 Å². The van der Waals surface area contributed by atoms with Crippen LogP contribution in [-0.4, -0.2) is 283 Å². The predicted molar refractivity (Wildman–Crippen MR) is 305 cm³/mol. The Balaban J connectivity index is 1.23. The van der Waals surface area contributed by atoms with Gasteiger partial charge in [-0.15, -0.1) is 0 Å². The fourth-order valence-corrected chi connectivity index (χ4v) is 9.65. The summed E-state index contributed by atoms with van der Waals surface area (Å²) in [4.78, 5) is 131. The minimum Gasteiger partial charge on any atom is -0.480 e. The van der Waals surface area contributed by atoms with Gasteiger partial charge in [0.1, 0.15) is 6.04 Å². The number of carbonyl (C=O) groups is 9. The van der Waals surface area contributed by atoms with Crippen molar-refractivity contribution in [3.8, 4) is 0 Å². The summed E-state index contributed by atoms with van der Waals surface area (Å²) < 4.78 is 0. The Morgan fingerprint density at radius 2 is 1.20 bits per heavy atom. The first-order valence-electron chi connectivity index (χ1n) is 27.8. The average Bonchev–Trinajstić information content (AvgIpc) is 3.83. The molecule has 454 valence electrons. The van der Waals surface area contributed by atoms with Crippen LogP contribution in [0.25, 0.3) is 10.8 Å². The maximum atomic E-state index is 13.8. The molecular formula is C53H85BN14O14. The van der Waals surface area contributed by atoms with Crippen molar-refractivity contribution >= 4 is 77.1 Å². The highest BCUT2D eigenvalue weighted by molar-refractivity contribution is 6.43. The molecule has 7 amide bonds. The second-order valence-corrected chi connectivity index (χ2v) is 20.9. The first-order valence-corrected chi connectivity index (χ1v) is 27.8. The van der Waals surface area contributed by atoms with E-state index in [1.807, 2.05) is 4.90 Å². The molecule has 2 aromatic carbocycles. The van der Waals surface area contributed by atoms with Crippen molar-refractivity contribution in [3.05, 3.63) is 47.5 Å². The minimum absolute atomic E-state index is 0.00340. The molecule has 0 aromatic heterocycles. The summed E-state index contributed by atoms with van der Waals surface area (Å²) in [6.07, 6.45) is 2.64. The molecule has 29 heteroatoms.